The first-order chi connectivity index (χ1) is 14.2. The molecular formula is C23H30N2O4. The second-order valence-electron chi connectivity index (χ2n) is 7.56. The van der Waals surface area contributed by atoms with E-state index < -0.39 is 6.10 Å². The highest BCUT2D eigenvalue weighted by Gasteiger charge is 2.20. The van der Waals surface area contributed by atoms with E-state index in [2.05, 4.69) is 21.9 Å². The summed E-state index contributed by atoms with van der Waals surface area (Å²) in [5.74, 6) is 2.43. The van der Waals surface area contributed by atoms with Crippen LogP contribution in [-0.2, 0) is 0 Å². The number of nitrogens with zero attached hydrogens (tertiary/aromatic N) is 2. The number of aliphatic hydroxyl groups is 1. The Balaban J connectivity index is 1.23. The van der Waals surface area contributed by atoms with Crippen LogP contribution in [0.1, 0.15) is 24.5 Å². The third-order valence-corrected chi connectivity index (χ3v) is 5.70. The molecule has 4 rings (SSSR count). The molecule has 2 aromatic rings. The standard InChI is InChI=1S/C23H30N2O4/c1-27-21-7-3-2-5-19(21)25-13-11-24(12-14-25)10-4-6-20(26)18-8-9-22-23(17-18)29-16-15-28-22/h2-3,5,7-9,17,20,26H,4,6,10-16H2,1H3. The molecule has 1 fully saturated rings. The minimum Gasteiger partial charge on any atom is -0.495 e. The van der Waals surface area contributed by atoms with Crippen LogP contribution in [0, 0.1) is 0 Å². The van der Waals surface area contributed by atoms with Gasteiger partial charge >= 0.3 is 0 Å². The van der Waals surface area contributed by atoms with Crippen molar-refractivity contribution in [3.05, 3.63) is 48.0 Å². The lowest BCUT2D eigenvalue weighted by molar-refractivity contribution is 0.150. The second-order valence-corrected chi connectivity index (χ2v) is 7.56. The van der Waals surface area contributed by atoms with Crippen LogP contribution in [0.4, 0.5) is 5.69 Å². The summed E-state index contributed by atoms with van der Waals surface area (Å²) in [5.41, 5.74) is 2.07. The van der Waals surface area contributed by atoms with Gasteiger partial charge in [0.05, 0.1) is 18.9 Å². The fraction of sp³-hybridized carbons (Fsp3) is 0.478. The quantitative estimate of drug-likeness (QED) is 0.774. The molecule has 0 bridgehead atoms. The summed E-state index contributed by atoms with van der Waals surface area (Å²) in [5, 5.41) is 10.6. The van der Waals surface area contributed by atoms with Crippen LogP contribution < -0.4 is 19.1 Å². The molecule has 2 heterocycles. The van der Waals surface area contributed by atoms with Crippen molar-refractivity contribution in [3.8, 4) is 17.2 Å². The zero-order valence-electron chi connectivity index (χ0n) is 17.0. The normalized spacial score (nSPS) is 17.8. The zero-order valence-corrected chi connectivity index (χ0v) is 17.0. The van der Waals surface area contributed by atoms with E-state index in [9.17, 15) is 5.11 Å². The fourth-order valence-electron chi connectivity index (χ4n) is 4.05. The number of methoxy groups -OCH3 is 1. The van der Waals surface area contributed by atoms with E-state index in [1.54, 1.807) is 7.11 Å². The van der Waals surface area contributed by atoms with E-state index in [4.69, 9.17) is 14.2 Å². The summed E-state index contributed by atoms with van der Waals surface area (Å²) in [7, 11) is 1.72. The molecule has 2 aromatic carbocycles. The molecule has 6 nitrogen and oxygen atoms in total. The molecule has 2 aliphatic heterocycles. The molecule has 1 saturated heterocycles. The summed E-state index contributed by atoms with van der Waals surface area (Å²) >= 11 is 0. The minimum absolute atomic E-state index is 0.472. The molecule has 2 aliphatic rings. The van der Waals surface area contributed by atoms with E-state index in [1.807, 2.05) is 30.3 Å². The molecule has 0 spiro atoms. The number of benzene rings is 2. The largest absolute Gasteiger partial charge is 0.495 e. The van der Waals surface area contributed by atoms with Crippen LogP contribution in [0.2, 0.25) is 0 Å². The van der Waals surface area contributed by atoms with Gasteiger partial charge in [-0.2, -0.15) is 0 Å². The van der Waals surface area contributed by atoms with E-state index in [-0.39, 0.29) is 0 Å². The molecule has 1 N–H and O–H groups in total. The molecule has 0 radical (unpaired) electrons. The number of piperazine rings is 1. The molecular weight excluding hydrogens is 368 g/mol. The van der Waals surface area contributed by atoms with Crippen LogP contribution in [0.25, 0.3) is 0 Å². The van der Waals surface area contributed by atoms with Gasteiger partial charge in [-0.1, -0.05) is 18.2 Å². The Morgan fingerprint density at radius 2 is 1.76 bits per heavy atom. The Bertz CT molecular complexity index is 805. The highest BCUT2D eigenvalue weighted by molar-refractivity contribution is 5.58. The topological polar surface area (TPSA) is 54.4 Å². The number of anilines is 1. The molecule has 1 atom stereocenters. The summed E-state index contributed by atoms with van der Waals surface area (Å²) < 4.78 is 16.7. The zero-order chi connectivity index (χ0) is 20.1. The van der Waals surface area contributed by atoms with Gasteiger partial charge in [-0.05, 0) is 49.2 Å². The van der Waals surface area contributed by atoms with Gasteiger partial charge in [0.2, 0.25) is 0 Å². The smallest absolute Gasteiger partial charge is 0.161 e. The number of para-hydroxylation sites is 2. The van der Waals surface area contributed by atoms with Crippen LogP contribution in [0.15, 0.2) is 42.5 Å². The van der Waals surface area contributed by atoms with Crippen LogP contribution in [0.3, 0.4) is 0 Å². The summed E-state index contributed by atoms with van der Waals surface area (Å²) in [4.78, 5) is 4.86. The van der Waals surface area contributed by atoms with Gasteiger partial charge in [0, 0.05) is 26.2 Å². The number of ether oxygens (including phenoxy) is 3. The Hall–Kier alpha value is -2.44. The Morgan fingerprint density at radius 3 is 2.55 bits per heavy atom. The Kier molecular flexibility index (Phi) is 6.42. The lowest BCUT2D eigenvalue weighted by atomic mass is 10.0. The maximum absolute atomic E-state index is 10.6. The number of hydrogen-bond acceptors (Lipinski definition) is 6. The molecule has 0 saturated carbocycles. The second kappa shape index (κ2) is 9.37. The molecule has 6 heteroatoms. The summed E-state index contributed by atoms with van der Waals surface area (Å²) in [6.45, 7) is 6.18. The monoisotopic (exact) mass is 398 g/mol. The predicted octanol–water partition coefficient (Wildman–Crippen LogP) is 3.10. The maximum atomic E-state index is 10.6. The molecule has 156 valence electrons. The average molecular weight is 399 g/mol. The maximum Gasteiger partial charge on any atom is 0.161 e. The Morgan fingerprint density at radius 1 is 1.00 bits per heavy atom. The Labute approximate surface area is 172 Å². The van der Waals surface area contributed by atoms with Crippen molar-refractivity contribution in [2.24, 2.45) is 0 Å². The van der Waals surface area contributed by atoms with E-state index >= 15 is 0 Å². The average Bonchev–Trinajstić information content (AvgIpc) is 2.79. The van der Waals surface area contributed by atoms with Gasteiger partial charge in [0.25, 0.3) is 0 Å². The number of rotatable bonds is 7. The van der Waals surface area contributed by atoms with Crippen LogP contribution >= 0.6 is 0 Å². The van der Waals surface area contributed by atoms with Crippen molar-refractivity contribution < 1.29 is 19.3 Å². The lowest BCUT2D eigenvalue weighted by Gasteiger charge is -2.36. The van der Waals surface area contributed by atoms with E-state index in [1.165, 1.54) is 5.69 Å². The van der Waals surface area contributed by atoms with Gasteiger partial charge in [-0.25, -0.2) is 0 Å². The fourth-order valence-corrected chi connectivity index (χ4v) is 4.05. The molecule has 0 amide bonds. The van der Waals surface area contributed by atoms with Crippen molar-refractivity contribution in [1.82, 2.24) is 4.90 Å². The van der Waals surface area contributed by atoms with Gasteiger partial charge in [-0.3, -0.25) is 4.90 Å². The third kappa shape index (κ3) is 4.77. The molecule has 0 aliphatic carbocycles. The third-order valence-electron chi connectivity index (χ3n) is 5.70. The van der Waals surface area contributed by atoms with E-state index in [0.29, 0.717) is 13.2 Å². The molecule has 1 unspecified atom stereocenters. The highest BCUT2D eigenvalue weighted by Crippen LogP contribution is 2.33. The number of aliphatic hydroxyl groups excluding tert-OH is 1. The highest BCUT2D eigenvalue weighted by atomic mass is 16.6. The number of hydrogen-bond donors (Lipinski definition) is 1. The van der Waals surface area contributed by atoms with Gasteiger partial charge in [0.15, 0.2) is 11.5 Å². The van der Waals surface area contributed by atoms with Crippen molar-refractivity contribution in [3.63, 3.8) is 0 Å². The van der Waals surface area contributed by atoms with Gasteiger partial charge in [0.1, 0.15) is 19.0 Å². The van der Waals surface area contributed by atoms with Crippen molar-refractivity contribution in [1.29, 1.82) is 0 Å². The first kappa shape index (κ1) is 19.9. The summed E-state index contributed by atoms with van der Waals surface area (Å²) in [6, 6.07) is 13.9. The predicted molar refractivity (Wildman–Crippen MR) is 113 cm³/mol. The van der Waals surface area contributed by atoms with Crippen LogP contribution in [-0.4, -0.2) is 63.1 Å². The summed E-state index contributed by atoms with van der Waals surface area (Å²) in [6.07, 6.45) is 1.23. The lowest BCUT2D eigenvalue weighted by Crippen LogP contribution is -2.46. The van der Waals surface area contributed by atoms with Gasteiger partial charge in [-0.15, -0.1) is 0 Å². The van der Waals surface area contributed by atoms with Crippen molar-refractivity contribution in [2.45, 2.75) is 18.9 Å². The first-order valence-electron chi connectivity index (χ1n) is 10.4. The van der Waals surface area contributed by atoms with Crippen molar-refractivity contribution in [2.75, 3.05) is 57.9 Å². The SMILES string of the molecule is COc1ccccc1N1CCN(CCCC(O)c2ccc3c(c2)OCCO3)CC1. The number of fused-ring (bicyclic) bond motifs is 1. The van der Waals surface area contributed by atoms with Crippen molar-refractivity contribution >= 4 is 5.69 Å². The van der Waals surface area contributed by atoms with E-state index in [0.717, 1.165) is 68.4 Å². The first-order valence-corrected chi connectivity index (χ1v) is 10.4. The van der Waals surface area contributed by atoms with Gasteiger partial charge < -0.3 is 24.2 Å². The molecule has 0 aromatic heterocycles. The molecule has 29 heavy (non-hydrogen) atoms. The van der Waals surface area contributed by atoms with Crippen LogP contribution in [0.5, 0.6) is 17.2 Å². The minimum atomic E-state index is -0.472.